The molecule has 3 heterocycles. The molecule has 28 heavy (non-hydrogen) atoms. The maximum atomic E-state index is 12.8. The molecule has 0 spiro atoms. The summed E-state index contributed by atoms with van der Waals surface area (Å²) >= 11 is 1.36. The maximum Gasteiger partial charge on any atom is 0.264 e. The molecule has 8 nitrogen and oxygen atoms in total. The third-order valence-electron chi connectivity index (χ3n) is 4.84. The number of aromatic nitrogens is 2. The molecule has 2 amide bonds. The quantitative estimate of drug-likeness (QED) is 0.702. The van der Waals surface area contributed by atoms with Gasteiger partial charge in [0.15, 0.2) is 5.82 Å². The number of nitrogens with zero attached hydrogens (tertiary/aromatic N) is 3. The van der Waals surface area contributed by atoms with Crippen LogP contribution in [-0.4, -0.2) is 72.1 Å². The molecule has 0 atom stereocenters. The first-order valence-corrected chi connectivity index (χ1v) is 9.78. The van der Waals surface area contributed by atoms with Crippen molar-refractivity contribution in [3.63, 3.8) is 0 Å². The Morgan fingerprint density at radius 2 is 1.89 bits per heavy atom. The van der Waals surface area contributed by atoms with E-state index in [9.17, 15) is 9.59 Å². The molecule has 1 fully saturated rings. The molecule has 3 aromatic rings. The van der Waals surface area contributed by atoms with Crippen molar-refractivity contribution in [1.29, 1.82) is 0 Å². The molecule has 0 unspecified atom stereocenters. The molecule has 2 N–H and O–H groups in total. The summed E-state index contributed by atoms with van der Waals surface area (Å²) in [6.45, 7) is 3.19. The van der Waals surface area contributed by atoms with E-state index in [0.717, 1.165) is 36.4 Å². The Morgan fingerprint density at radius 1 is 1.18 bits per heavy atom. The number of hydrogen-bond donors (Lipinski definition) is 2. The highest BCUT2D eigenvalue weighted by Crippen LogP contribution is 2.30. The Labute approximate surface area is 166 Å². The minimum Gasteiger partial charge on any atom is -0.497 e. The Morgan fingerprint density at radius 3 is 2.57 bits per heavy atom. The van der Waals surface area contributed by atoms with Gasteiger partial charge in [-0.25, -0.2) is 0 Å². The number of ether oxygens (including phenoxy) is 1. The van der Waals surface area contributed by atoms with Crippen molar-refractivity contribution in [1.82, 2.24) is 20.0 Å². The predicted molar refractivity (Wildman–Crippen MR) is 108 cm³/mol. The van der Waals surface area contributed by atoms with Gasteiger partial charge in [-0.1, -0.05) is 0 Å². The Hall–Kier alpha value is -2.91. The number of piperazine rings is 1. The van der Waals surface area contributed by atoms with E-state index in [-0.39, 0.29) is 11.8 Å². The van der Waals surface area contributed by atoms with Crippen LogP contribution >= 0.6 is 11.3 Å². The molecule has 0 aliphatic carbocycles. The van der Waals surface area contributed by atoms with Gasteiger partial charge < -0.3 is 19.9 Å². The summed E-state index contributed by atoms with van der Waals surface area (Å²) in [4.78, 5) is 30.8. The molecule has 9 heteroatoms. The number of aromatic amines is 1. The van der Waals surface area contributed by atoms with E-state index in [1.54, 1.807) is 37.4 Å². The number of nitrogens with one attached hydrogen (secondary N) is 2. The van der Waals surface area contributed by atoms with Crippen LogP contribution in [0.1, 0.15) is 20.0 Å². The lowest BCUT2D eigenvalue weighted by atomic mass is 10.2. The normalized spacial score (nSPS) is 15.0. The van der Waals surface area contributed by atoms with Crippen LogP contribution in [0, 0.1) is 0 Å². The van der Waals surface area contributed by atoms with Gasteiger partial charge >= 0.3 is 0 Å². The van der Waals surface area contributed by atoms with E-state index < -0.39 is 0 Å². The predicted octanol–water partition coefficient (Wildman–Crippen LogP) is 2.27. The van der Waals surface area contributed by atoms with Gasteiger partial charge in [-0.05, 0) is 37.4 Å². The SMILES string of the molecule is COc1ccc(C(=O)Nc2n[nH]c3sc(C(=O)N4CCN(C)CC4)cc23)cc1. The number of carbonyl (C=O) groups excluding carboxylic acids is 2. The van der Waals surface area contributed by atoms with Crippen molar-refractivity contribution in [2.75, 3.05) is 45.7 Å². The topological polar surface area (TPSA) is 90.6 Å². The lowest BCUT2D eigenvalue weighted by molar-refractivity contribution is 0.0669. The molecule has 0 saturated carbocycles. The Kier molecular flexibility index (Phi) is 5.01. The minimum atomic E-state index is -0.269. The molecule has 1 aromatic carbocycles. The van der Waals surface area contributed by atoms with Crippen molar-refractivity contribution in [2.24, 2.45) is 0 Å². The second-order valence-corrected chi connectivity index (χ2v) is 7.76. The number of likely N-dealkylation sites (N-methyl/N-ethyl adjacent to an activating group) is 1. The van der Waals surface area contributed by atoms with Gasteiger partial charge in [-0.3, -0.25) is 14.7 Å². The highest BCUT2D eigenvalue weighted by Gasteiger charge is 2.23. The van der Waals surface area contributed by atoms with Crippen molar-refractivity contribution in [3.05, 3.63) is 40.8 Å². The van der Waals surface area contributed by atoms with Crippen LogP contribution in [0.5, 0.6) is 5.75 Å². The van der Waals surface area contributed by atoms with Crippen molar-refractivity contribution >= 4 is 39.2 Å². The lowest BCUT2D eigenvalue weighted by Gasteiger charge is -2.32. The van der Waals surface area contributed by atoms with E-state index >= 15 is 0 Å². The van der Waals surface area contributed by atoms with Crippen LogP contribution in [0.4, 0.5) is 5.82 Å². The number of amides is 2. The second kappa shape index (κ2) is 7.61. The number of anilines is 1. The fourth-order valence-corrected chi connectivity index (χ4v) is 4.07. The molecule has 146 valence electrons. The van der Waals surface area contributed by atoms with E-state index in [0.29, 0.717) is 22.0 Å². The molecule has 0 radical (unpaired) electrons. The first-order valence-electron chi connectivity index (χ1n) is 8.96. The fourth-order valence-electron chi connectivity index (χ4n) is 3.11. The van der Waals surface area contributed by atoms with Gasteiger partial charge in [0.1, 0.15) is 10.6 Å². The number of thiophene rings is 1. The van der Waals surface area contributed by atoms with Gasteiger partial charge in [0.25, 0.3) is 11.8 Å². The highest BCUT2D eigenvalue weighted by molar-refractivity contribution is 7.20. The molecule has 4 rings (SSSR count). The molecule has 1 aliphatic heterocycles. The van der Waals surface area contributed by atoms with Crippen LogP contribution in [0.25, 0.3) is 10.2 Å². The van der Waals surface area contributed by atoms with Crippen molar-refractivity contribution in [3.8, 4) is 5.75 Å². The standard InChI is InChI=1S/C19H21N5O3S/c1-23-7-9-24(10-8-23)19(26)15-11-14-16(21-22-18(14)28-15)20-17(25)12-3-5-13(27-2)6-4-12/h3-6,11H,7-10H2,1-2H3,(H2,20,21,22,25). The molecule has 0 bridgehead atoms. The number of carbonyl (C=O) groups is 2. The molecular weight excluding hydrogens is 378 g/mol. The van der Waals surface area contributed by atoms with Crippen LogP contribution < -0.4 is 10.1 Å². The summed E-state index contributed by atoms with van der Waals surface area (Å²) in [5.41, 5.74) is 0.501. The minimum absolute atomic E-state index is 0.0233. The number of hydrogen-bond acceptors (Lipinski definition) is 6. The monoisotopic (exact) mass is 399 g/mol. The average molecular weight is 399 g/mol. The van der Waals surface area contributed by atoms with Crippen LogP contribution in [0.3, 0.4) is 0 Å². The fraction of sp³-hybridized carbons (Fsp3) is 0.316. The first kappa shape index (κ1) is 18.5. The van der Waals surface area contributed by atoms with Crippen molar-refractivity contribution < 1.29 is 14.3 Å². The number of H-pyrrole nitrogens is 1. The van der Waals surface area contributed by atoms with Crippen LogP contribution in [0.15, 0.2) is 30.3 Å². The van der Waals surface area contributed by atoms with E-state index in [4.69, 9.17) is 4.74 Å². The molecule has 1 aliphatic rings. The summed E-state index contributed by atoms with van der Waals surface area (Å²) in [5, 5.41) is 10.6. The summed E-state index contributed by atoms with van der Waals surface area (Å²) in [5.74, 6) is 0.859. The summed E-state index contributed by atoms with van der Waals surface area (Å²) in [6.07, 6.45) is 0. The van der Waals surface area contributed by atoms with E-state index in [2.05, 4.69) is 27.5 Å². The van der Waals surface area contributed by atoms with Gasteiger partial charge in [0.05, 0.1) is 17.4 Å². The zero-order valence-electron chi connectivity index (χ0n) is 15.7. The Balaban J connectivity index is 1.51. The number of rotatable bonds is 4. The van der Waals surface area contributed by atoms with Crippen molar-refractivity contribution in [2.45, 2.75) is 0 Å². The smallest absolute Gasteiger partial charge is 0.264 e. The third kappa shape index (κ3) is 3.58. The molecule has 1 saturated heterocycles. The summed E-state index contributed by atoms with van der Waals surface area (Å²) < 4.78 is 5.11. The number of benzene rings is 1. The largest absolute Gasteiger partial charge is 0.497 e. The van der Waals surface area contributed by atoms with E-state index in [1.165, 1.54) is 11.3 Å². The third-order valence-corrected chi connectivity index (χ3v) is 5.87. The lowest BCUT2D eigenvalue weighted by Crippen LogP contribution is -2.46. The van der Waals surface area contributed by atoms with Gasteiger partial charge in [-0.15, -0.1) is 11.3 Å². The van der Waals surface area contributed by atoms with Gasteiger partial charge in [0.2, 0.25) is 0 Å². The Bertz CT molecular complexity index is 1000. The first-order chi connectivity index (χ1) is 13.5. The van der Waals surface area contributed by atoms with Gasteiger partial charge in [0, 0.05) is 31.7 Å². The highest BCUT2D eigenvalue weighted by atomic mass is 32.1. The average Bonchev–Trinajstić information content (AvgIpc) is 3.30. The van der Waals surface area contributed by atoms with Crippen LogP contribution in [0.2, 0.25) is 0 Å². The summed E-state index contributed by atoms with van der Waals surface area (Å²) in [6, 6.07) is 8.63. The van der Waals surface area contributed by atoms with Crippen LogP contribution in [-0.2, 0) is 0 Å². The molecule has 2 aromatic heterocycles. The number of fused-ring (bicyclic) bond motifs is 1. The molecular formula is C19H21N5O3S. The van der Waals surface area contributed by atoms with E-state index in [1.807, 2.05) is 4.90 Å². The zero-order chi connectivity index (χ0) is 19.7. The maximum absolute atomic E-state index is 12.8. The van der Waals surface area contributed by atoms with Gasteiger partial charge in [-0.2, -0.15) is 5.10 Å². The zero-order valence-corrected chi connectivity index (χ0v) is 16.5. The second-order valence-electron chi connectivity index (χ2n) is 6.70. The summed E-state index contributed by atoms with van der Waals surface area (Å²) in [7, 11) is 3.63. The number of methoxy groups -OCH3 is 1.